The van der Waals surface area contributed by atoms with E-state index in [1.165, 1.54) is 11.1 Å². The molecule has 0 atom stereocenters. The lowest BCUT2D eigenvalue weighted by Gasteiger charge is -2.05. The molecular weight excluding hydrogens is 136 g/mol. The van der Waals surface area contributed by atoms with Crippen molar-refractivity contribution in [3.63, 3.8) is 0 Å². The molecule has 0 amide bonds. The van der Waals surface area contributed by atoms with Crippen LogP contribution < -0.4 is 4.74 Å². The Morgan fingerprint density at radius 2 is 2.09 bits per heavy atom. The molecule has 1 nitrogen and oxygen atoms in total. The first-order valence-electron chi connectivity index (χ1n) is 3.91. The van der Waals surface area contributed by atoms with Crippen LogP contribution in [0.3, 0.4) is 0 Å². The van der Waals surface area contributed by atoms with Crippen LogP contribution in [0.4, 0.5) is 0 Å². The molecule has 1 rings (SSSR count). The van der Waals surface area contributed by atoms with E-state index in [-0.39, 0.29) is 0 Å². The topological polar surface area (TPSA) is 9.23 Å². The largest absolute Gasteiger partial charge is 0.496 e. The Hall–Kier alpha value is -0.980. The normalized spacial score (nSPS) is 9.73. The Labute approximate surface area is 68.0 Å². The van der Waals surface area contributed by atoms with Gasteiger partial charge in [-0.05, 0) is 30.5 Å². The molecule has 0 saturated heterocycles. The monoisotopic (exact) mass is 150 g/mol. The van der Waals surface area contributed by atoms with Gasteiger partial charge in [-0.1, -0.05) is 19.1 Å². The Morgan fingerprint density at radius 1 is 1.36 bits per heavy atom. The highest BCUT2D eigenvalue weighted by atomic mass is 16.5. The molecule has 0 spiro atoms. The summed E-state index contributed by atoms with van der Waals surface area (Å²) in [6.07, 6.45) is 1.09. The summed E-state index contributed by atoms with van der Waals surface area (Å²) >= 11 is 0. The van der Waals surface area contributed by atoms with Crippen molar-refractivity contribution in [3.8, 4) is 5.75 Å². The molecule has 60 valence electrons. The minimum absolute atomic E-state index is 0.974. The van der Waals surface area contributed by atoms with Crippen LogP contribution in [0, 0.1) is 6.92 Å². The number of methoxy groups -OCH3 is 1. The molecule has 0 bridgehead atoms. The third-order valence-electron chi connectivity index (χ3n) is 1.87. The summed E-state index contributed by atoms with van der Waals surface area (Å²) in [4.78, 5) is 0. The maximum absolute atomic E-state index is 5.14. The van der Waals surface area contributed by atoms with Gasteiger partial charge in [-0.25, -0.2) is 0 Å². The molecule has 0 saturated carbocycles. The minimum atomic E-state index is 0.974. The van der Waals surface area contributed by atoms with Crippen molar-refractivity contribution in [2.24, 2.45) is 0 Å². The van der Waals surface area contributed by atoms with Crippen molar-refractivity contribution in [1.29, 1.82) is 0 Å². The maximum Gasteiger partial charge on any atom is 0.121 e. The Bertz CT molecular complexity index is 241. The highest BCUT2D eigenvalue weighted by molar-refractivity contribution is 5.35. The third-order valence-corrected chi connectivity index (χ3v) is 1.87. The average Bonchev–Trinajstić information content (AvgIpc) is 2.04. The fourth-order valence-electron chi connectivity index (χ4n) is 1.16. The molecule has 1 aromatic rings. The van der Waals surface area contributed by atoms with Gasteiger partial charge >= 0.3 is 0 Å². The van der Waals surface area contributed by atoms with Gasteiger partial charge in [0.25, 0.3) is 0 Å². The summed E-state index contributed by atoms with van der Waals surface area (Å²) in [6, 6.07) is 6.29. The van der Waals surface area contributed by atoms with Gasteiger partial charge in [0.2, 0.25) is 0 Å². The van der Waals surface area contributed by atoms with Crippen LogP contribution in [0.15, 0.2) is 18.2 Å². The van der Waals surface area contributed by atoms with Gasteiger partial charge in [-0.3, -0.25) is 0 Å². The van der Waals surface area contributed by atoms with Crippen molar-refractivity contribution in [3.05, 3.63) is 29.3 Å². The number of benzene rings is 1. The van der Waals surface area contributed by atoms with Gasteiger partial charge in [0, 0.05) is 0 Å². The van der Waals surface area contributed by atoms with Gasteiger partial charge in [0.15, 0.2) is 0 Å². The molecule has 11 heavy (non-hydrogen) atoms. The number of aryl methyl sites for hydroxylation is 2. The van der Waals surface area contributed by atoms with E-state index in [0.29, 0.717) is 0 Å². The second kappa shape index (κ2) is 3.42. The van der Waals surface area contributed by atoms with Gasteiger partial charge in [0.1, 0.15) is 5.75 Å². The molecule has 1 heteroatoms. The summed E-state index contributed by atoms with van der Waals surface area (Å²) in [5.74, 6) is 0.974. The second-order valence-corrected chi connectivity index (χ2v) is 2.66. The molecular formula is C10H14O. The van der Waals surface area contributed by atoms with E-state index in [1.54, 1.807) is 7.11 Å². The number of rotatable bonds is 2. The predicted molar refractivity (Wildman–Crippen MR) is 47.1 cm³/mol. The predicted octanol–water partition coefficient (Wildman–Crippen LogP) is 2.57. The summed E-state index contributed by atoms with van der Waals surface area (Å²) in [5.41, 5.74) is 2.58. The van der Waals surface area contributed by atoms with E-state index in [9.17, 15) is 0 Å². The van der Waals surface area contributed by atoms with Gasteiger partial charge in [0.05, 0.1) is 7.11 Å². The molecule has 0 aliphatic heterocycles. The van der Waals surface area contributed by atoms with E-state index >= 15 is 0 Å². The SMILES string of the molecule is CCc1ccc(OC)c(C)c1. The molecule has 0 radical (unpaired) electrons. The first-order chi connectivity index (χ1) is 5.27. The van der Waals surface area contributed by atoms with Crippen molar-refractivity contribution < 1.29 is 4.74 Å². The van der Waals surface area contributed by atoms with Gasteiger partial charge in [-0.15, -0.1) is 0 Å². The van der Waals surface area contributed by atoms with Crippen molar-refractivity contribution >= 4 is 0 Å². The molecule has 0 aliphatic rings. The van der Waals surface area contributed by atoms with Crippen LogP contribution in [0.25, 0.3) is 0 Å². The van der Waals surface area contributed by atoms with Crippen LogP contribution in [0.1, 0.15) is 18.1 Å². The molecule has 0 aromatic heterocycles. The standard InChI is InChI=1S/C10H14O/c1-4-9-5-6-10(11-3)8(2)7-9/h5-7H,4H2,1-3H3. The number of ether oxygens (including phenoxy) is 1. The van der Waals surface area contributed by atoms with E-state index in [2.05, 4.69) is 26.0 Å². The average molecular weight is 150 g/mol. The number of hydrogen-bond acceptors (Lipinski definition) is 1. The molecule has 0 N–H and O–H groups in total. The lowest BCUT2D eigenvalue weighted by molar-refractivity contribution is 0.411. The lowest BCUT2D eigenvalue weighted by Crippen LogP contribution is -1.88. The zero-order valence-electron chi connectivity index (χ0n) is 7.35. The Balaban J connectivity index is 2.99. The fraction of sp³-hybridized carbons (Fsp3) is 0.400. The summed E-state index contributed by atoms with van der Waals surface area (Å²) in [7, 11) is 1.70. The van der Waals surface area contributed by atoms with E-state index < -0.39 is 0 Å². The number of hydrogen-bond donors (Lipinski definition) is 0. The summed E-state index contributed by atoms with van der Waals surface area (Å²) in [6.45, 7) is 4.22. The Kier molecular flexibility index (Phi) is 2.53. The smallest absolute Gasteiger partial charge is 0.121 e. The van der Waals surface area contributed by atoms with Crippen molar-refractivity contribution in [1.82, 2.24) is 0 Å². The summed E-state index contributed by atoms with van der Waals surface area (Å²) < 4.78 is 5.14. The molecule has 0 heterocycles. The quantitative estimate of drug-likeness (QED) is 0.629. The summed E-state index contributed by atoms with van der Waals surface area (Å²) in [5, 5.41) is 0. The molecule has 1 aromatic carbocycles. The maximum atomic E-state index is 5.14. The zero-order chi connectivity index (χ0) is 8.27. The van der Waals surface area contributed by atoms with Gasteiger partial charge < -0.3 is 4.74 Å². The second-order valence-electron chi connectivity index (χ2n) is 2.66. The minimum Gasteiger partial charge on any atom is -0.496 e. The van der Waals surface area contributed by atoms with E-state index in [4.69, 9.17) is 4.74 Å². The lowest BCUT2D eigenvalue weighted by atomic mass is 10.1. The fourth-order valence-corrected chi connectivity index (χ4v) is 1.16. The van der Waals surface area contributed by atoms with Crippen LogP contribution in [0.5, 0.6) is 5.75 Å². The van der Waals surface area contributed by atoms with Crippen LogP contribution >= 0.6 is 0 Å². The first-order valence-corrected chi connectivity index (χ1v) is 3.91. The molecule has 0 fully saturated rings. The molecule has 0 aliphatic carbocycles. The highest BCUT2D eigenvalue weighted by Crippen LogP contribution is 2.18. The van der Waals surface area contributed by atoms with Crippen LogP contribution in [0.2, 0.25) is 0 Å². The van der Waals surface area contributed by atoms with E-state index in [1.807, 2.05) is 6.07 Å². The van der Waals surface area contributed by atoms with Crippen LogP contribution in [-0.2, 0) is 6.42 Å². The van der Waals surface area contributed by atoms with Gasteiger partial charge in [-0.2, -0.15) is 0 Å². The van der Waals surface area contributed by atoms with Crippen molar-refractivity contribution in [2.75, 3.05) is 7.11 Å². The third kappa shape index (κ3) is 1.73. The highest BCUT2D eigenvalue weighted by Gasteiger charge is 1.96. The Morgan fingerprint density at radius 3 is 2.55 bits per heavy atom. The van der Waals surface area contributed by atoms with Crippen LogP contribution in [-0.4, -0.2) is 7.11 Å². The first kappa shape index (κ1) is 8.12. The zero-order valence-corrected chi connectivity index (χ0v) is 7.35. The van der Waals surface area contributed by atoms with Crippen molar-refractivity contribution in [2.45, 2.75) is 20.3 Å². The van der Waals surface area contributed by atoms with E-state index in [0.717, 1.165) is 12.2 Å². The molecule has 0 unspecified atom stereocenters.